The molecule has 1 fully saturated rings. The van der Waals surface area contributed by atoms with E-state index in [-0.39, 0.29) is 0 Å². The van der Waals surface area contributed by atoms with Crippen LogP contribution in [0, 0.1) is 5.92 Å². The number of hydrogen-bond donors (Lipinski definition) is 1. The molecule has 1 aliphatic carbocycles. The Morgan fingerprint density at radius 2 is 2.11 bits per heavy atom. The average molecular weight is 267 g/mol. The minimum Gasteiger partial charge on any atom is -0.310 e. The maximum absolute atomic E-state index is 6.10. The molecule has 0 amide bonds. The third kappa shape index (κ3) is 3.96. The molecule has 1 aromatic heterocycles. The molecule has 1 N–H and O–H groups in total. The molecule has 0 aliphatic heterocycles. The minimum atomic E-state index is 0.669. The lowest BCUT2D eigenvalue weighted by Gasteiger charge is -2.29. The zero-order valence-corrected chi connectivity index (χ0v) is 11.9. The second-order valence-corrected chi connectivity index (χ2v) is 5.76. The van der Waals surface area contributed by atoms with Gasteiger partial charge in [-0.15, -0.1) is 0 Å². The van der Waals surface area contributed by atoms with Crippen molar-refractivity contribution in [1.29, 1.82) is 0 Å². The van der Waals surface area contributed by atoms with Crippen LogP contribution in [-0.4, -0.2) is 11.0 Å². The fourth-order valence-electron chi connectivity index (χ4n) is 2.87. The third-order valence-electron chi connectivity index (χ3n) is 3.98. The van der Waals surface area contributed by atoms with Crippen LogP contribution >= 0.6 is 11.6 Å². The van der Waals surface area contributed by atoms with Gasteiger partial charge in [0.1, 0.15) is 0 Å². The summed E-state index contributed by atoms with van der Waals surface area (Å²) in [5, 5.41) is 4.40. The van der Waals surface area contributed by atoms with E-state index in [9.17, 15) is 0 Å². The van der Waals surface area contributed by atoms with Crippen molar-refractivity contribution in [2.75, 3.05) is 0 Å². The highest BCUT2D eigenvalue weighted by atomic mass is 35.5. The number of nitrogens with one attached hydrogen (secondary N) is 1. The van der Waals surface area contributed by atoms with Crippen LogP contribution in [0.2, 0.25) is 5.02 Å². The SMILES string of the molecule is CCCC1CCC(NCc2ccncc2Cl)CC1. The van der Waals surface area contributed by atoms with Gasteiger partial charge in [-0.1, -0.05) is 31.4 Å². The predicted octanol–water partition coefficient (Wildman–Crippen LogP) is 4.18. The van der Waals surface area contributed by atoms with Crippen molar-refractivity contribution in [3.63, 3.8) is 0 Å². The Kier molecular flexibility index (Phi) is 5.45. The predicted molar refractivity (Wildman–Crippen MR) is 76.7 cm³/mol. The van der Waals surface area contributed by atoms with E-state index in [1.54, 1.807) is 12.4 Å². The van der Waals surface area contributed by atoms with E-state index in [4.69, 9.17) is 11.6 Å². The normalized spacial score (nSPS) is 24.1. The Hall–Kier alpha value is -0.600. The summed E-state index contributed by atoms with van der Waals surface area (Å²) >= 11 is 6.10. The van der Waals surface area contributed by atoms with E-state index < -0.39 is 0 Å². The summed E-state index contributed by atoms with van der Waals surface area (Å²) < 4.78 is 0. The van der Waals surface area contributed by atoms with Crippen LogP contribution < -0.4 is 5.32 Å². The van der Waals surface area contributed by atoms with E-state index in [0.717, 1.165) is 23.0 Å². The van der Waals surface area contributed by atoms with Gasteiger partial charge < -0.3 is 5.32 Å². The van der Waals surface area contributed by atoms with Crippen molar-refractivity contribution in [2.45, 2.75) is 58.0 Å². The summed E-state index contributed by atoms with van der Waals surface area (Å²) in [6.07, 6.45) is 11.7. The Morgan fingerprint density at radius 1 is 1.33 bits per heavy atom. The fraction of sp³-hybridized carbons (Fsp3) is 0.667. The summed E-state index contributed by atoms with van der Waals surface area (Å²) in [5.74, 6) is 0.970. The molecule has 1 aromatic rings. The van der Waals surface area contributed by atoms with E-state index in [1.165, 1.54) is 38.5 Å². The fourth-order valence-corrected chi connectivity index (χ4v) is 3.05. The molecular weight excluding hydrogens is 244 g/mol. The van der Waals surface area contributed by atoms with Gasteiger partial charge in [0.15, 0.2) is 0 Å². The quantitative estimate of drug-likeness (QED) is 0.865. The summed E-state index contributed by atoms with van der Waals surface area (Å²) in [6.45, 7) is 3.15. The molecule has 0 aromatic carbocycles. The first kappa shape index (κ1) is 13.8. The number of rotatable bonds is 5. The van der Waals surface area contributed by atoms with Gasteiger partial charge in [0, 0.05) is 25.0 Å². The molecule has 0 saturated heterocycles. The molecule has 1 heterocycles. The van der Waals surface area contributed by atoms with Crippen molar-refractivity contribution in [1.82, 2.24) is 10.3 Å². The topological polar surface area (TPSA) is 24.9 Å². The van der Waals surface area contributed by atoms with Gasteiger partial charge in [0.05, 0.1) is 5.02 Å². The molecule has 0 atom stereocenters. The molecule has 0 bridgehead atoms. The smallest absolute Gasteiger partial charge is 0.0634 e. The third-order valence-corrected chi connectivity index (χ3v) is 4.32. The number of hydrogen-bond acceptors (Lipinski definition) is 2. The second kappa shape index (κ2) is 7.10. The molecule has 2 nitrogen and oxygen atoms in total. The maximum atomic E-state index is 6.10. The standard InChI is InChI=1S/C15H23ClN2/c1-2-3-12-4-6-14(7-5-12)18-10-13-8-9-17-11-15(13)16/h8-9,11-12,14,18H,2-7,10H2,1H3. The van der Waals surface area contributed by atoms with Gasteiger partial charge in [-0.05, 0) is 43.2 Å². The Balaban J connectivity index is 1.74. The lowest BCUT2D eigenvalue weighted by molar-refractivity contribution is 0.277. The van der Waals surface area contributed by atoms with Gasteiger partial charge in [-0.2, -0.15) is 0 Å². The van der Waals surface area contributed by atoms with Crippen LogP contribution in [0.5, 0.6) is 0 Å². The van der Waals surface area contributed by atoms with E-state index in [1.807, 2.05) is 6.07 Å². The van der Waals surface area contributed by atoms with Crippen molar-refractivity contribution in [3.8, 4) is 0 Å². The van der Waals surface area contributed by atoms with Gasteiger partial charge in [0.25, 0.3) is 0 Å². The van der Waals surface area contributed by atoms with Crippen LogP contribution in [0.3, 0.4) is 0 Å². The molecule has 2 rings (SSSR count). The van der Waals surface area contributed by atoms with Crippen molar-refractivity contribution < 1.29 is 0 Å². The Labute approximate surface area is 115 Å². The summed E-state index contributed by atoms with van der Waals surface area (Å²) in [4.78, 5) is 4.01. The number of pyridine rings is 1. The molecule has 0 unspecified atom stereocenters. The van der Waals surface area contributed by atoms with Crippen molar-refractivity contribution in [2.24, 2.45) is 5.92 Å². The van der Waals surface area contributed by atoms with Crippen LogP contribution in [0.15, 0.2) is 18.5 Å². The molecule has 18 heavy (non-hydrogen) atoms. The summed E-state index contributed by atoms with van der Waals surface area (Å²) in [7, 11) is 0. The van der Waals surface area contributed by atoms with E-state index in [2.05, 4.69) is 17.2 Å². The van der Waals surface area contributed by atoms with Gasteiger partial charge in [-0.3, -0.25) is 4.98 Å². The van der Waals surface area contributed by atoms with E-state index in [0.29, 0.717) is 6.04 Å². The zero-order valence-electron chi connectivity index (χ0n) is 11.2. The molecule has 3 heteroatoms. The highest BCUT2D eigenvalue weighted by molar-refractivity contribution is 6.31. The van der Waals surface area contributed by atoms with Gasteiger partial charge in [-0.25, -0.2) is 0 Å². The van der Waals surface area contributed by atoms with Crippen molar-refractivity contribution >= 4 is 11.6 Å². The van der Waals surface area contributed by atoms with Crippen LogP contribution in [-0.2, 0) is 6.54 Å². The van der Waals surface area contributed by atoms with Gasteiger partial charge in [0.2, 0.25) is 0 Å². The second-order valence-electron chi connectivity index (χ2n) is 5.35. The average Bonchev–Trinajstić information content (AvgIpc) is 2.40. The number of nitrogens with zero attached hydrogens (tertiary/aromatic N) is 1. The summed E-state index contributed by atoms with van der Waals surface area (Å²) in [6, 6.07) is 2.67. The minimum absolute atomic E-state index is 0.669. The number of aromatic nitrogens is 1. The highest BCUT2D eigenvalue weighted by Crippen LogP contribution is 2.28. The molecule has 0 spiro atoms. The molecule has 1 saturated carbocycles. The first-order valence-corrected chi connectivity index (χ1v) is 7.49. The molecule has 1 aliphatic rings. The lowest BCUT2D eigenvalue weighted by atomic mass is 9.83. The van der Waals surface area contributed by atoms with Gasteiger partial charge >= 0.3 is 0 Å². The monoisotopic (exact) mass is 266 g/mol. The van der Waals surface area contributed by atoms with Crippen molar-refractivity contribution in [3.05, 3.63) is 29.0 Å². The largest absolute Gasteiger partial charge is 0.310 e. The highest BCUT2D eigenvalue weighted by Gasteiger charge is 2.20. The number of halogens is 1. The Morgan fingerprint density at radius 3 is 2.78 bits per heavy atom. The van der Waals surface area contributed by atoms with Crippen LogP contribution in [0.1, 0.15) is 51.0 Å². The first-order valence-electron chi connectivity index (χ1n) is 7.11. The summed E-state index contributed by atoms with van der Waals surface area (Å²) in [5.41, 5.74) is 1.15. The lowest BCUT2D eigenvalue weighted by Crippen LogP contribution is -2.32. The van der Waals surface area contributed by atoms with E-state index >= 15 is 0 Å². The molecular formula is C15H23ClN2. The van der Waals surface area contributed by atoms with Crippen LogP contribution in [0.4, 0.5) is 0 Å². The molecule has 100 valence electrons. The maximum Gasteiger partial charge on any atom is 0.0634 e. The molecule has 0 radical (unpaired) electrons. The Bertz CT molecular complexity index is 359. The van der Waals surface area contributed by atoms with Crippen LogP contribution in [0.25, 0.3) is 0 Å². The first-order chi connectivity index (χ1) is 8.79. The zero-order chi connectivity index (χ0) is 12.8.